The Kier molecular flexibility index (Phi) is 14.9. The monoisotopic (exact) mass is 920 g/mol. The van der Waals surface area contributed by atoms with Gasteiger partial charge in [-0.25, -0.2) is 0 Å². The van der Waals surface area contributed by atoms with Gasteiger partial charge in [-0.1, -0.05) is 27.7 Å². The van der Waals surface area contributed by atoms with E-state index < -0.39 is 118 Å². The lowest BCUT2D eigenvalue weighted by atomic mass is 9.44. The number of hydrogen-bond donors (Lipinski definition) is 12. The van der Waals surface area contributed by atoms with Gasteiger partial charge < -0.3 is 94.4 Å². The molecule has 0 aromatic heterocycles. The predicted octanol–water partition coefficient (Wildman–Crippen LogP) is -1.78. The largest absolute Gasteiger partial charge is 0.394 e. The molecule has 8 rings (SSSR count). The lowest BCUT2D eigenvalue weighted by Crippen LogP contribution is -2.65. The van der Waals surface area contributed by atoms with E-state index in [-0.39, 0.29) is 47.4 Å². The average Bonchev–Trinajstić information content (AvgIpc) is 3.71. The smallest absolute Gasteiger partial charge is 0.187 e. The molecule has 8 fully saturated rings. The number of ether oxygens (including phenoxy) is 7. The highest BCUT2D eigenvalue weighted by Gasteiger charge is 2.68. The van der Waals surface area contributed by atoms with Crippen LogP contribution < -0.4 is 0 Å². The standard InChI is InChI=1S/C45H76O19/c1-19(18-58-40-37(55)34(52)31(49)27(15-46)60-40)7-12-45(57)20(2)30-26(64-45)14-25-23-6-5-21-13-22(8-10-43(21,3)24(23)9-11-44(25,30)4)59-42-39(36(54)33(51)29(17-48)62-42)63-41-38(56)35(53)32(50)28(16-47)61-41/h19-42,46-57H,5-18H2,1-4H3/t19-,20-,21+,22-,23+,24-,25-,26-,27+,28+,29+,30-,31+,32+,33-,34-,35-,36-,37+,38+,39+,40+,41-,42+,43-,44-,45?/m0/s1. The van der Waals surface area contributed by atoms with E-state index in [1.165, 1.54) is 0 Å². The van der Waals surface area contributed by atoms with Gasteiger partial charge >= 0.3 is 0 Å². The van der Waals surface area contributed by atoms with Gasteiger partial charge in [0.25, 0.3) is 0 Å². The van der Waals surface area contributed by atoms with Crippen LogP contribution in [0.15, 0.2) is 0 Å². The molecule has 12 N–H and O–H groups in total. The molecular weight excluding hydrogens is 844 g/mol. The Hall–Kier alpha value is -0.760. The van der Waals surface area contributed by atoms with Crippen molar-refractivity contribution in [3.8, 4) is 0 Å². The summed E-state index contributed by atoms with van der Waals surface area (Å²) in [5.41, 5.74) is 0.0475. The summed E-state index contributed by atoms with van der Waals surface area (Å²) in [7, 11) is 0. The number of aliphatic hydroxyl groups excluding tert-OH is 11. The fraction of sp³-hybridized carbons (Fsp3) is 1.00. The third-order valence-electron chi connectivity index (χ3n) is 18.0. The van der Waals surface area contributed by atoms with Crippen molar-refractivity contribution in [3.63, 3.8) is 0 Å². The van der Waals surface area contributed by atoms with Crippen LogP contribution in [-0.2, 0) is 33.2 Å². The minimum Gasteiger partial charge on any atom is -0.394 e. The quantitative estimate of drug-likeness (QED) is 0.0909. The molecule has 0 aromatic carbocycles. The van der Waals surface area contributed by atoms with Crippen molar-refractivity contribution in [2.24, 2.45) is 52.3 Å². The molecule has 0 aromatic rings. The fourth-order valence-corrected chi connectivity index (χ4v) is 14.2. The molecule has 4 aliphatic carbocycles. The van der Waals surface area contributed by atoms with Crippen molar-refractivity contribution in [1.29, 1.82) is 0 Å². The Bertz CT molecular complexity index is 1560. The van der Waals surface area contributed by atoms with Crippen LogP contribution in [0, 0.1) is 52.3 Å². The van der Waals surface area contributed by atoms with Crippen molar-refractivity contribution >= 4 is 0 Å². The fourth-order valence-electron chi connectivity index (χ4n) is 14.2. The molecule has 4 saturated heterocycles. The third-order valence-corrected chi connectivity index (χ3v) is 18.0. The first kappa shape index (κ1) is 49.7. The zero-order valence-electron chi connectivity index (χ0n) is 37.5. The third kappa shape index (κ3) is 8.65. The SMILES string of the molecule is C[C@@H](CCC1(O)O[C@H]2C[C@H]3[C@@H]4CC[C@@H]5C[C@@H](O[C@@H]6O[C@H](CO)[C@H](O)[C@H](O)[C@H]6O[C@@H]6O[C@H](CO)[C@@H](O)[C@H](O)[C@H]6O)CC[C@]5(C)[C@H]4CC[C@]3(C)[C@H]2[C@@H]1C)CO[C@@H]1O[C@H](CO)[C@@H](O)[C@H](O)[C@H]1O. The van der Waals surface area contributed by atoms with Gasteiger partial charge in [0.05, 0.1) is 38.6 Å². The molecule has 0 spiro atoms. The van der Waals surface area contributed by atoms with Crippen LogP contribution in [0.5, 0.6) is 0 Å². The van der Waals surface area contributed by atoms with Crippen LogP contribution in [0.25, 0.3) is 0 Å². The van der Waals surface area contributed by atoms with Crippen LogP contribution in [0.3, 0.4) is 0 Å². The number of aliphatic hydroxyl groups is 12. The summed E-state index contributed by atoms with van der Waals surface area (Å²) in [6.45, 7) is 7.28. The Morgan fingerprint density at radius 1 is 0.625 bits per heavy atom. The van der Waals surface area contributed by atoms with Gasteiger partial charge in [-0.3, -0.25) is 0 Å². The van der Waals surface area contributed by atoms with Gasteiger partial charge in [0.2, 0.25) is 0 Å². The molecule has 0 bridgehead atoms. The molecule has 1 unspecified atom stereocenters. The highest BCUT2D eigenvalue weighted by atomic mass is 16.8. The summed E-state index contributed by atoms with van der Waals surface area (Å²) >= 11 is 0. The molecule has 0 radical (unpaired) electrons. The number of fused-ring (bicyclic) bond motifs is 7. The van der Waals surface area contributed by atoms with Gasteiger partial charge in [0.15, 0.2) is 24.7 Å². The Morgan fingerprint density at radius 2 is 1.20 bits per heavy atom. The van der Waals surface area contributed by atoms with E-state index in [4.69, 9.17) is 33.2 Å². The molecule has 8 aliphatic rings. The van der Waals surface area contributed by atoms with Gasteiger partial charge in [-0.05, 0) is 104 Å². The van der Waals surface area contributed by atoms with Crippen LogP contribution in [0.1, 0.15) is 91.9 Å². The van der Waals surface area contributed by atoms with Crippen LogP contribution in [-0.4, -0.2) is 198 Å². The molecule has 19 heteroatoms. The Morgan fingerprint density at radius 3 is 1.84 bits per heavy atom. The molecule has 4 heterocycles. The van der Waals surface area contributed by atoms with Gasteiger partial charge in [0.1, 0.15) is 73.2 Å². The second-order valence-electron chi connectivity index (χ2n) is 21.5. The predicted molar refractivity (Wildman–Crippen MR) is 219 cm³/mol. The normalized spacial score (nSPS) is 55.6. The molecule has 0 amide bonds. The van der Waals surface area contributed by atoms with Crippen molar-refractivity contribution in [3.05, 3.63) is 0 Å². The summed E-state index contributed by atoms with van der Waals surface area (Å²) in [5.74, 6) is 0.532. The molecule has 19 nitrogen and oxygen atoms in total. The average molecular weight is 921 g/mol. The topological polar surface area (TPSA) is 307 Å². The molecular formula is C45H76O19. The Balaban J connectivity index is 0.869. The van der Waals surface area contributed by atoms with Crippen LogP contribution in [0.2, 0.25) is 0 Å². The zero-order chi connectivity index (χ0) is 46.2. The highest BCUT2D eigenvalue weighted by molar-refractivity contribution is 5.15. The van der Waals surface area contributed by atoms with Gasteiger partial charge in [-0.15, -0.1) is 0 Å². The van der Waals surface area contributed by atoms with E-state index in [0.29, 0.717) is 42.9 Å². The van der Waals surface area contributed by atoms with Crippen molar-refractivity contribution in [2.45, 2.75) is 202 Å². The molecule has 370 valence electrons. The van der Waals surface area contributed by atoms with Crippen LogP contribution in [0.4, 0.5) is 0 Å². The van der Waals surface area contributed by atoms with E-state index in [1.54, 1.807) is 0 Å². The lowest BCUT2D eigenvalue weighted by Gasteiger charge is -2.61. The van der Waals surface area contributed by atoms with E-state index >= 15 is 0 Å². The molecule has 64 heavy (non-hydrogen) atoms. The minimum absolute atomic E-state index is 0.00000712. The zero-order valence-corrected chi connectivity index (χ0v) is 37.5. The first-order valence-electron chi connectivity index (χ1n) is 23.9. The summed E-state index contributed by atoms with van der Waals surface area (Å²) < 4.78 is 42.0. The second kappa shape index (κ2) is 19.2. The van der Waals surface area contributed by atoms with Crippen molar-refractivity contribution < 1.29 is 94.4 Å². The summed E-state index contributed by atoms with van der Waals surface area (Å²) in [6, 6.07) is 0. The molecule has 27 atom stereocenters. The minimum atomic E-state index is -1.75. The summed E-state index contributed by atoms with van der Waals surface area (Å²) in [6.07, 6.45) is -13.7. The van der Waals surface area contributed by atoms with E-state index in [9.17, 15) is 61.3 Å². The maximum Gasteiger partial charge on any atom is 0.187 e. The number of rotatable bonds is 13. The maximum atomic E-state index is 12.1. The number of hydrogen-bond acceptors (Lipinski definition) is 19. The van der Waals surface area contributed by atoms with Crippen molar-refractivity contribution in [1.82, 2.24) is 0 Å². The van der Waals surface area contributed by atoms with Crippen molar-refractivity contribution in [2.75, 3.05) is 26.4 Å². The molecule has 4 saturated carbocycles. The van der Waals surface area contributed by atoms with Crippen LogP contribution >= 0.6 is 0 Å². The summed E-state index contributed by atoms with van der Waals surface area (Å²) in [5, 5.41) is 125. The first-order chi connectivity index (χ1) is 30.3. The highest BCUT2D eigenvalue weighted by Crippen LogP contribution is 2.71. The lowest BCUT2D eigenvalue weighted by molar-refractivity contribution is -0.373. The van der Waals surface area contributed by atoms with Gasteiger partial charge in [-0.2, -0.15) is 0 Å². The van der Waals surface area contributed by atoms with E-state index in [1.807, 2.05) is 6.92 Å². The van der Waals surface area contributed by atoms with E-state index in [2.05, 4.69) is 20.8 Å². The first-order valence-corrected chi connectivity index (χ1v) is 23.9. The van der Waals surface area contributed by atoms with Gasteiger partial charge in [0, 0.05) is 12.3 Å². The van der Waals surface area contributed by atoms with E-state index in [0.717, 1.165) is 44.9 Å². The molecule has 4 aliphatic heterocycles. The maximum absolute atomic E-state index is 12.1. The summed E-state index contributed by atoms with van der Waals surface area (Å²) in [4.78, 5) is 0. The second-order valence-corrected chi connectivity index (χ2v) is 21.5. The Labute approximate surface area is 374 Å².